The van der Waals surface area contributed by atoms with Crippen LogP contribution in [0.4, 0.5) is 10.8 Å². The molecule has 152 valence electrons. The van der Waals surface area contributed by atoms with Crippen LogP contribution in [0.15, 0.2) is 47.4 Å². The maximum absolute atomic E-state index is 12.3. The van der Waals surface area contributed by atoms with Crippen LogP contribution < -0.4 is 10.1 Å². The van der Waals surface area contributed by atoms with E-state index in [4.69, 9.17) is 4.74 Å². The maximum Gasteiger partial charge on any atom is 0.271 e. The summed E-state index contributed by atoms with van der Waals surface area (Å²) >= 11 is 1.19. The molecule has 0 fully saturated rings. The van der Waals surface area contributed by atoms with E-state index in [1.807, 2.05) is 0 Å². The number of non-ortho nitro benzene ring substituents is 1. The summed E-state index contributed by atoms with van der Waals surface area (Å²) in [6.07, 6.45) is 0.155. The van der Waals surface area contributed by atoms with Gasteiger partial charge in [0.25, 0.3) is 5.69 Å². The Hall–Kier alpha value is -3.05. The smallest absolute Gasteiger partial charge is 0.271 e. The van der Waals surface area contributed by atoms with Gasteiger partial charge in [-0.2, -0.15) is 0 Å². The molecule has 1 N–H and O–H groups in total. The number of hydrogen-bond acceptors (Lipinski definition) is 8. The second kappa shape index (κ2) is 8.53. The monoisotopic (exact) mass is 435 g/mol. The molecule has 29 heavy (non-hydrogen) atoms. The number of carbonyl (C=O) groups is 1. The van der Waals surface area contributed by atoms with Gasteiger partial charge in [-0.15, -0.1) is 0 Å². The van der Waals surface area contributed by atoms with Crippen molar-refractivity contribution < 1.29 is 22.9 Å². The first-order valence-corrected chi connectivity index (χ1v) is 11.0. The molecular weight excluding hydrogens is 418 g/mol. The van der Waals surface area contributed by atoms with Crippen LogP contribution in [0.2, 0.25) is 0 Å². The normalized spacial score (nSPS) is 11.3. The lowest BCUT2D eigenvalue weighted by Crippen LogP contribution is -2.14. The van der Waals surface area contributed by atoms with Crippen LogP contribution in [-0.2, 0) is 14.6 Å². The van der Waals surface area contributed by atoms with E-state index in [2.05, 4.69) is 10.3 Å². The minimum atomic E-state index is -3.50. The van der Waals surface area contributed by atoms with Gasteiger partial charge in [0.2, 0.25) is 5.91 Å². The van der Waals surface area contributed by atoms with Crippen LogP contribution >= 0.6 is 11.3 Å². The Balaban J connectivity index is 1.56. The number of thiazole rings is 1. The summed E-state index contributed by atoms with van der Waals surface area (Å²) in [5, 5.41) is 13.7. The maximum atomic E-state index is 12.3. The zero-order valence-corrected chi connectivity index (χ0v) is 17.0. The van der Waals surface area contributed by atoms with Gasteiger partial charge in [0.15, 0.2) is 15.0 Å². The van der Waals surface area contributed by atoms with Gasteiger partial charge >= 0.3 is 0 Å². The molecule has 0 saturated heterocycles. The second-order valence-corrected chi connectivity index (χ2v) is 9.21. The van der Waals surface area contributed by atoms with Gasteiger partial charge in [-0.1, -0.05) is 11.3 Å². The summed E-state index contributed by atoms with van der Waals surface area (Å²) in [5.41, 5.74) is 0.339. The molecule has 0 aliphatic rings. The van der Waals surface area contributed by atoms with E-state index in [1.54, 1.807) is 18.2 Å². The molecule has 1 aromatic heterocycles. The quantitative estimate of drug-likeness (QED) is 0.424. The van der Waals surface area contributed by atoms with E-state index in [9.17, 15) is 23.3 Å². The summed E-state index contributed by atoms with van der Waals surface area (Å²) < 4.78 is 30.4. The van der Waals surface area contributed by atoms with E-state index in [0.29, 0.717) is 21.1 Å². The van der Waals surface area contributed by atoms with Crippen LogP contribution in [0, 0.1) is 10.1 Å². The van der Waals surface area contributed by atoms with Crippen molar-refractivity contribution in [3.63, 3.8) is 0 Å². The van der Waals surface area contributed by atoms with E-state index in [0.717, 1.165) is 0 Å². The van der Waals surface area contributed by atoms with Gasteiger partial charge in [0, 0.05) is 18.6 Å². The Morgan fingerprint density at radius 2 is 1.97 bits per heavy atom. The Labute approximate surface area is 170 Å². The zero-order chi connectivity index (χ0) is 21.0. The highest BCUT2D eigenvalue weighted by Gasteiger charge is 2.16. The molecule has 0 bridgehead atoms. The molecule has 3 aromatic rings. The molecule has 0 saturated carbocycles. The first-order chi connectivity index (χ1) is 13.8. The SMILES string of the molecule is COc1ccc(S(=O)(=O)CCCC(=O)Nc2nc3cc([N+](=O)[O-])ccc3s2)cc1. The van der Waals surface area contributed by atoms with Crippen LogP contribution in [0.1, 0.15) is 12.8 Å². The highest BCUT2D eigenvalue weighted by atomic mass is 32.2. The predicted molar refractivity (Wildman–Crippen MR) is 109 cm³/mol. The van der Waals surface area contributed by atoms with Gasteiger partial charge in [0.05, 0.1) is 32.9 Å². The number of amides is 1. The van der Waals surface area contributed by atoms with Crippen molar-refractivity contribution in [3.05, 3.63) is 52.6 Å². The van der Waals surface area contributed by atoms with Crippen LogP contribution in [0.5, 0.6) is 5.75 Å². The lowest BCUT2D eigenvalue weighted by Gasteiger charge is -2.06. The number of nitro benzene ring substituents is 1. The fourth-order valence-corrected chi connectivity index (χ4v) is 4.76. The van der Waals surface area contributed by atoms with Crippen molar-refractivity contribution in [3.8, 4) is 5.75 Å². The third-order valence-electron chi connectivity index (χ3n) is 4.06. The van der Waals surface area contributed by atoms with Gasteiger partial charge in [0.1, 0.15) is 5.75 Å². The van der Waals surface area contributed by atoms with E-state index < -0.39 is 14.8 Å². The lowest BCUT2D eigenvalue weighted by atomic mass is 10.3. The fraction of sp³-hybridized carbons (Fsp3) is 0.222. The van der Waals surface area contributed by atoms with Crippen molar-refractivity contribution in [1.29, 1.82) is 0 Å². The molecule has 2 aromatic carbocycles. The zero-order valence-electron chi connectivity index (χ0n) is 15.3. The lowest BCUT2D eigenvalue weighted by molar-refractivity contribution is -0.384. The number of nitrogens with one attached hydrogen (secondary N) is 1. The number of anilines is 1. The number of ether oxygens (including phenoxy) is 1. The number of rotatable bonds is 8. The predicted octanol–water partition coefficient (Wildman–Crippen LogP) is 3.41. The number of methoxy groups -OCH3 is 1. The molecule has 3 rings (SSSR count). The van der Waals surface area contributed by atoms with Crippen molar-refractivity contribution >= 4 is 48.1 Å². The standard InChI is InChI=1S/C18H17N3O6S2/c1-27-13-5-7-14(8-6-13)29(25,26)10-2-3-17(22)20-18-19-15-11-12(21(23)24)4-9-16(15)28-18/h4-9,11H,2-3,10H2,1H3,(H,19,20,22). The fourth-order valence-electron chi connectivity index (χ4n) is 2.59. The van der Waals surface area contributed by atoms with Crippen LogP contribution in [-0.4, -0.2) is 37.1 Å². The molecule has 9 nitrogen and oxygen atoms in total. The molecule has 1 amide bonds. The minimum absolute atomic E-state index is 0.00541. The topological polar surface area (TPSA) is 128 Å². The van der Waals surface area contributed by atoms with E-state index in [1.165, 1.54) is 42.7 Å². The second-order valence-electron chi connectivity index (χ2n) is 6.07. The number of benzene rings is 2. The van der Waals surface area contributed by atoms with Crippen LogP contribution in [0.3, 0.4) is 0 Å². The third kappa shape index (κ3) is 5.06. The third-order valence-corrected chi connectivity index (χ3v) is 6.83. The summed E-state index contributed by atoms with van der Waals surface area (Å²) in [6, 6.07) is 10.3. The Bertz CT molecular complexity index is 1160. The van der Waals surface area contributed by atoms with E-state index >= 15 is 0 Å². The van der Waals surface area contributed by atoms with Crippen molar-refractivity contribution in [2.45, 2.75) is 17.7 Å². The van der Waals surface area contributed by atoms with Gasteiger partial charge in [-0.05, 0) is 36.8 Å². The molecule has 11 heteroatoms. The molecular formula is C18H17N3O6S2. The van der Waals surface area contributed by atoms with Crippen LogP contribution in [0.25, 0.3) is 10.2 Å². The molecule has 0 unspecified atom stereocenters. The average Bonchev–Trinajstić information content (AvgIpc) is 3.09. The number of nitrogens with zero attached hydrogens (tertiary/aromatic N) is 2. The Morgan fingerprint density at radius 1 is 1.24 bits per heavy atom. The highest BCUT2D eigenvalue weighted by Crippen LogP contribution is 2.29. The molecule has 0 radical (unpaired) electrons. The van der Waals surface area contributed by atoms with Gasteiger partial charge in [-0.3, -0.25) is 14.9 Å². The van der Waals surface area contributed by atoms with Gasteiger partial charge in [-0.25, -0.2) is 13.4 Å². The minimum Gasteiger partial charge on any atom is -0.497 e. The average molecular weight is 435 g/mol. The Kier molecular flexibility index (Phi) is 6.09. The summed E-state index contributed by atoms with van der Waals surface area (Å²) in [7, 11) is -2.00. The first-order valence-electron chi connectivity index (χ1n) is 8.50. The molecule has 1 heterocycles. The number of nitro groups is 1. The molecule has 0 aliphatic carbocycles. The molecule has 0 aliphatic heterocycles. The number of carbonyl (C=O) groups excluding carboxylic acids is 1. The Morgan fingerprint density at radius 3 is 2.62 bits per heavy atom. The molecule has 0 atom stereocenters. The summed E-state index contributed by atoms with van der Waals surface area (Å²) in [6.45, 7) is 0. The summed E-state index contributed by atoms with van der Waals surface area (Å²) in [5.74, 6) is 0.0201. The largest absolute Gasteiger partial charge is 0.497 e. The van der Waals surface area contributed by atoms with Crippen molar-refractivity contribution in [2.75, 3.05) is 18.2 Å². The highest BCUT2D eigenvalue weighted by molar-refractivity contribution is 7.91. The number of sulfone groups is 1. The number of fused-ring (bicyclic) bond motifs is 1. The first kappa shape index (κ1) is 20.7. The van der Waals surface area contributed by atoms with Crippen molar-refractivity contribution in [2.24, 2.45) is 0 Å². The van der Waals surface area contributed by atoms with Gasteiger partial charge < -0.3 is 10.1 Å². The summed E-state index contributed by atoms with van der Waals surface area (Å²) in [4.78, 5) is 26.8. The van der Waals surface area contributed by atoms with E-state index in [-0.39, 0.29) is 35.1 Å². The number of aromatic nitrogens is 1. The number of hydrogen-bond donors (Lipinski definition) is 1. The molecule has 0 spiro atoms. The van der Waals surface area contributed by atoms with Crippen molar-refractivity contribution in [1.82, 2.24) is 4.98 Å².